The molecule has 3 nitrogen and oxygen atoms in total. The predicted molar refractivity (Wildman–Crippen MR) is 71.1 cm³/mol. The molecule has 0 aliphatic carbocycles. The second kappa shape index (κ2) is 5.04. The Morgan fingerprint density at radius 1 is 1.12 bits per heavy atom. The molecular formula is C14H20N2O. The number of rotatable bonds is 3. The van der Waals surface area contributed by atoms with Crippen molar-refractivity contribution in [2.24, 2.45) is 0 Å². The summed E-state index contributed by atoms with van der Waals surface area (Å²) in [4.78, 5) is 10.8. The molecule has 0 heterocycles. The van der Waals surface area contributed by atoms with Crippen molar-refractivity contribution in [3.63, 3.8) is 0 Å². The SMILES string of the molecule is C=C(NNC(C)=O)c1ccc(C(C)(C)C)cc1. The topological polar surface area (TPSA) is 41.1 Å². The van der Waals surface area contributed by atoms with Crippen LogP contribution < -0.4 is 10.9 Å². The fraction of sp³-hybridized carbons (Fsp3) is 0.357. The van der Waals surface area contributed by atoms with Gasteiger partial charge in [0.25, 0.3) is 0 Å². The summed E-state index contributed by atoms with van der Waals surface area (Å²) in [6, 6.07) is 8.15. The van der Waals surface area contributed by atoms with Gasteiger partial charge in [-0.15, -0.1) is 0 Å². The normalized spacial score (nSPS) is 10.8. The van der Waals surface area contributed by atoms with E-state index in [0.717, 1.165) is 5.56 Å². The van der Waals surface area contributed by atoms with Crippen LogP contribution in [-0.2, 0) is 10.2 Å². The molecule has 0 aliphatic heterocycles. The van der Waals surface area contributed by atoms with Gasteiger partial charge in [0.05, 0.1) is 5.70 Å². The monoisotopic (exact) mass is 232 g/mol. The highest BCUT2D eigenvalue weighted by molar-refractivity contribution is 5.74. The number of hydrazine groups is 1. The van der Waals surface area contributed by atoms with Crippen molar-refractivity contribution in [1.82, 2.24) is 10.9 Å². The highest BCUT2D eigenvalue weighted by atomic mass is 16.2. The summed E-state index contributed by atoms with van der Waals surface area (Å²) in [6.07, 6.45) is 0. The summed E-state index contributed by atoms with van der Waals surface area (Å²) in [5.74, 6) is -0.141. The van der Waals surface area contributed by atoms with Gasteiger partial charge in [0, 0.05) is 6.92 Å². The molecule has 1 amide bonds. The van der Waals surface area contributed by atoms with Crippen LogP contribution in [0.1, 0.15) is 38.8 Å². The number of carbonyl (C=O) groups excluding carboxylic acids is 1. The molecule has 0 radical (unpaired) electrons. The van der Waals surface area contributed by atoms with E-state index in [0.29, 0.717) is 5.70 Å². The molecule has 0 fully saturated rings. The van der Waals surface area contributed by atoms with Crippen LogP contribution in [0.3, 0.4) is 0 Å². The molecular weight excluding hydrogens is 212 g/mol. The lowest BCUT2D eigenvalue weighted by atomic mass is 9.86. The number of carbonyl (C=O) groups is 1. The Morgan fingerprint density at radius 2 is 1.65 bits per heavy atom. The van der Waals surface area contributed by atoms with Crippen molar-refractivity contribution >= 4 is 11.6 Å². The van der Waals surface area contributed by atoms with Gasteiger partial charge in [-0.25, -0.2) is 0 Å². The quantitative estimate of drug-likeness (QED) is 0.786. The van der Waals surface area contributed by atoms with E-state index in [1.807, 2.05) is 12.1 Å². The maximum Gasteiger partial charge on any atom is 0.235 e. The fourth-order valence-corrected chi connectivity index (χ4v) is 1.41. The van der Waals surface area contributed by atoms with Gasteiger partial charge in [-0.1, -0.05) is 51.6 Å². The summed E-state index contributed by atoms with van der Waals surface area (Å²) in [5, 5.41) is 0. The molecule has 2 N–H and O–H groups in total. The Hall–Kier alpha value is -1.77. The summed E-state index contributed by atoms with van der Waals surface area (Å²) >= 11 is 0. The van der Waals surface area contributed by atoms with E-state index in [4.69, 9.17) is 0 Å². The minimum Gasteiger partial charge on any atom is -0.299 e. The molecule has 1 rings (SSSR count). The van der Waals surface area contributed by atoms with Gasteiger partial charge in [0.2, 0.25) is 5.91 Å². The van der Waals surface area contributed by atoms with Gasteiger partial charge in [-0.05, 0) is 16.5 Å². The largest absolute Gasteiger partial charge is 0.299 e. The molecule has 0 saturated carbocycles. The maximum atomic E-state index is 10.8. The van der Waals surface area contributed by atoms with Crippen LogP contribution >= 0.6 is 0 Å². The van der Waals surface area contributed by atoms with Gasteiger partial charge in [-0.3, -0.25) is 15.6 Å². The van der Waals surface area contributed by atoms with Crippen molar-refractivity contribution in [1.29, 1.82) is 0 Å². The zero-order chi connectivity index (χ0) is 13.1. The maximum absolute atomic E-state index is 10.8. The number of hydrogen-bond acceptors (Lipinski definition) is 2. The second-order valence-electron chi connectivity index (χ2n) is 5.11. The minimum atomic E-state index is -0.141. The lowest BCUT2D eigenvalue weighted by Gasteiger charge is -2.19. The first kappa shape index (κ1) is 13.3. The molecule has 0 aliphatic rings. The van der Waals surface area contributed by atoms with Gasteiger partial charge in [0.15, 0.2) is 0 Å². The number of benzene rings is 1. The van der Waals surface area contributed by atoms with E-state index in [1.54, 1.807) is 0 Å². The van der Waals surface area contributed by atoms with E-state index in [1.165, 1.54) is 12.5 Å². The highest BCUT2D eigenvalue weighted by Gasteiger charge is 2.13. The van der Waals surface area contributed by atoms with Crippen LogP contribution in [0, 0.1) is 0 Å². The van der Waals surface area contributed by atoms with Crippen LogP contribution in [0.2, 0.25) is 0 Å². The number of amides is 1. The number of hydrogen-bond donors (Lipinski definition) is 2. The smallest absolute Gasteiger partial charge is 0.235 e. The van der Waals surface area contributed by atoms with Crippen LogP contribution in [0.4, 0.5) is 0 Å². The first-order valence-electron chi connectivity index (χ1n) is 5.63. The molecule has 3 heteroatoms. The lowest BCUT2D eigenvalue weighted by Crippen LogP contribution is -2.33. The summed E-state index contributed by atoms with van der Waals surface area (Å²) < 4.78 is 0. The van der Waals surface area contributed by atoms with Crippen molar-refractivity contribution in [3.8, 4) is 0 Å². The Bertz CT molecular complexity index is 413. The molecule has 0 saturated heterocycles. The predicted octanol–water partition coefficient (Wildman–Crippen LogP) is 2.60. The number of nitrogens with one attached hydrogen (secondary N) is 2. The highest BCUT2D eigenvalue weighted by Crippen LogP contribution is 2.23. The van der Waals surface area contributed by atoms with E-state index < -0.39 is 0 Å². The fourth-order valence-electron chi connectivity index (χ4n) is 1.41. The molecule has 0 aromatic heterocycles. The lowest BCUT2D eigenvalue weighted by molar-refractivity contribution is -0.119. The standard InChI is InChI=1S/C14H20N2O/c1-10(15-16-11(2)17)12-6-8-13(9-7-12)14(3,4)5/h6-9,15H,1H2,2-5H3,(H,16,17). The summed E-state index contributed by atoms with van der Waals surface area (Å²) in [5.41, 5.74) is 8.32. The second-order valence-corrected chi connectivity index (χ2v) is 5.11. The van der Waals surface area contributed by atoms with Gasteiger partial charge in [0.1, 0.15) is 0 Å². The zero-order valence-corrected chi connectivity index (χ0v) is 10.9. The Balaban J connectivity index is 2.74. The molecule has 17 heavy (non-hydrogen) atoms. The average molecular weight is 232 g/mol. The molecule has 1 aromatic carbocycles. The van der Waals surface area contributed by atoms with Crippen LogP contribution in [0.15, 0.2) is 30.8 Å². The zero-order valence-electron chi connectivity index (χ0n) is 10.9. The van der Waals surface area contributed by atoms with Crippen LogP contribution in [0.5, 0.6) is 0 Å². The van der Waals surface area contributed by atoms with Crippen molar-refractivity contribution in [2.45, 2.75) is 33.1 Å². The van der Waals surface area contributed by atoms with Gasteiger partial charge in [-0.2, -0.15) is 0 Å². The Kier molecular flexibility index (Phi) is 3.94. The third-order valence-electron chi connectivity index (χ3n) is 2.49. The van der Waals surface area contributed by atoms with Crippen molar-refractivity contribution in [3.05, 3.63) is 42.0 Å². The van der Waals surface area contributed by atoms with Gasteiger partial charge >= 0.3 is 0 Å². The average Bonchev–Trinajstić information content (AvgIpc) is 2.25. The Labute approximate surface area is 103 Å². The van der Waals surface area contributed by atoms with Crippen molar-refractivity contribution < 1.29 is 4.79 Å². The minimum absolute atomic E-state index is 0.141. The van der Waals surface area contributed by atoms with Crippen LogP contribution in [-0.4, -0.2) is 5.91 Å². The van der Waals surface area contributed by atoms with E-state index in [9.17, 15) is 4.79 Å². The van der Waals surface area contributed by atoms with E-state index in [-0.39, 0.29) is 11.3 Å². The summed E-state index contributed by atoms with van der Waals surface area (Å²) in [7, 11) is 0. The molecule has 0 spiro atoms. The van der Waals surface area contributed by atoms with Crippen molar-refractivity contribution in [2.75, 3.05) is 0 Å². The van der Waals surface area contributed by atoms with E-state index in [2.05, 4.69) is 50.3 Å². The van der Waals surface area contributed by atoms with Gasteiger partial charge < -0.3 is 0 Å². The van der Waals surface area contributed by atoms with E-state index >= 15 is 0 Å². The summed E-state index contributed by atoms with van der Waals surface area (Å²) in [6.45, 7) is 11.8. The third-order valence-corrected chi connectivity index (χ3v) is 2.49. The molecule has 0 unspecified atom stereocenters. The first-order chi connectivity index (χ1) is 7.80. The molecule has 1 aromatic rings. The Morgan fingerprint density at radius 3 is 2.06 bits per heavy atom. The first-order valence-corrected chi connectivity index (χ1v) is 5.63. The molecule has 92 valence electrons. The molecule has 0 bridgehead atoms. The third kappa shape index (κ3) is 3.94. The molecule has 0 atom stereocenters. The van der Waals surface area contributed by atoms with Crippen LogP contribution in [0.25, 0.3) is 5.70 Å².